The number of rotatable bonds is 4. The molecule has 0 spiro atoms. The van der Waals surface area contributed by atoms with Gasteiger partial charge in [0.1, 0.15) is 10.7 Å². The first kappa shape index (κ1) is 18.3. The molecule has 0 aliphatic carbocycles. The quantitative estimate of drug-likeness (QED) is 0.414. The highest BCUT2D eigenvalue weighted by Crippen LogP contribution is 2.30. The standard InChI is InChI=1S/C25H18N2O2S/c28-30(29,21-10-2-1-3-11-21)24(25-26-22-12-6-7-13-23(22)27-25)17-18-14-15-19-8-4-5-9-20(19)16-18/h1-17H,(H,26,27)/b24-17+. The second kappa shape index (κ2) is 7.28. The molecule has 30 heavy (non-hydrogen) atoms. The molecule has 5 rings (SSSR count). The zero-order chi connectivity index (χ0) is 20.6. The van der Waals surface area contributed by atoms with Crippen LogP contribution in [0.15, 0.2) is 102 Å². The fourth-order valence-corrected chi connectivity index (χ4v) is 4.93. The number of imidazole rings is 1. The Morgan fingerprint density at radius 3 is 2.27 bits per heavy atom. The number of aromatic amines is 1. The molecule has 1 aromatic heterocycles. The molecule has 0 aliphatic heterocycles. The largest absolute Gasteiger partial charge is 0.337 e. The van der Waals surface area contributed by atoms with Gasteiger partial charge in [-0.25, -0.2) is 13.4 Å². The molecule has 0 radical (unpaired) electrons. The number of hydrogen-bond acceptors (Lipinski definition) is 3. The summed E-state index contributed by atoms with van der Waals surface area (Å²) in [7, 11) is -3.79. The van der Waals surface area contributed by atoms with Crippen LogP contribution >= 0.6 is 0 Å². The molecule has 5 aromatic rings. The van der Waals surface area contributed by atoms with Gasteiger partial charge in [0.25, 0.3) is 0 Å². The van der Waals surface area contributed by atoms with Crippen LogP contribution in [0.25, 0.3) is 32.8 Å². The van der Waals surface area contributed by atoms with Gasteiger partial charge in [0, 0.05) is 0 Å². The van der Waals surface area contributed by atoms with Crippen molar-refractivity contribution < 1.29 is 8.42 Å². The van der Waals surface area contributed by atoms with Gasteiger partial charge in [-0.15, -0.1) is 0 Å². The van der Waals surface area contributed by atoms with Gasteiger partial charge in [-0.1, -0.05) is 66.7 Å². The van der Waals surface area contributed by atoms with Crippen LogP contribution in [0.3, 0.4) is 0 Å². The van der Waals surface area contributed by atoms with Crippen molar-refractivity contribution in [1.82, 2.24) is 9.97 Å². The fraction of sp³-hybridized carbons (Fsp3) is 0. The van der Waals surface area contributed by atoms with E-state index in [-0.39, 0.29) is 9.80 Å². The maximum Gasteiger partial charge on any atom is 0.210 e. The van der Waals surface area contributed by atoms with E-state index < -0.39 is 9.84 Å². The Labute approximate surface area is 174 Å². The third kappa shape index (κ3) is 3.29. The number of para-hydroxylation sites is 2. The summed E-state index contributed by atoms with van der Waals surface area (Å²) in [6.45, 7) is 0. The number of hydrogen-bond donors (Lipinski definition) is 1. The molecule has 0 atom stereocenters. The lowest BCUT2D eigenvalue weighted by Crippen LogP contribution is -2.05. The van der Waals surface area contributed by atoms with Crippen molar-refractivity contribution in [1.29, 1.82) is 0 Å². The first-order valence-corrected chi connectivity index (χ1v) is 11.1. The summed E-state index contributed by atoms with van der Waals surface area (Å²) in [4.78, 5) is 8.10. The molecule has 146 valence electrons. The van der Waals surface area contributed by atoms with E-state index in [0.29, 0.717) is 5.82 Å². The van der Waals surface area contributed by atoms with Crippen molar-refractivity contribution in [2.24, 2.45) is 0 Å². The third-order valence-corrected chi connectivity index (χ3v) is 6.82. The maximum atomic E-state index is 13.5. The zero-order valence-corrected chi connectivity index (χ0v) is 16.8. The minimum atomic E-state index is -3.79. The molecule has 0 amide bonds. The topological polar surface area (TPSA) is 62.8 Å². The summed E-state index contributed by atoms with van der Waals surface area (Å²) in [6.07, 6.45) is 1.69. The van der Waals surface area contributed by atoms with E-state index in [1.165, 1.54) is 0 Å². The average molecular weight is 410 g/mol. The highest BCUT2D eigenvalue weighted by Gasteiger charge is 2.25. The molecule has 0 fully saturated rings. The summed E-state index contributed by atoms with van der Waals surface area (Å²) < 4.78 is 27.1. The predicted molar refractivity (Wildman–Crippen MR) is 122 cm³/mol. The first-order chi connectivity index (χ1) is 14.6. The molecule has 4 nitrogen and oxygen atoms in total. The zero-order valence-electron chi connectivity index (χ0n) is 16.0. The van der Waals surface area contributed by atoms with Crippen LogP contribution in [0.1, 0.15) is 11.4 Å². The van der Waals surface area contributed by atoms with Gasteiger partial charge in [0.2, 0.25) is 9.84 Å². The van der Waals surface area contributed by atoms with E-state index in [0.717, 1.165) is 27.4 Å². The van der Waals surface area contributed by atoms with Crippen molar-refractivity contribution in [2.75, 3.05) is 0 Å². The molecule has 4 aromatic carbocycles. The van der Waals surface area contributed by atoms with Crippen molar-refractivity contribution >= 4 is 42.6 Å². The second-order valence-corrected chi connectivity index (χ2v) is 8.95. The monoisotopic (exact) mass is 410 g/mol. The Morgan fingerprint density at radius 2 is 1.47 bits per heavy atom. The second-order valence-electron chi connectivity index (χ2n) is 7.03. The molecule has 0 saturated heterocycles. The van der Waals surface area contributed by atoms with Gasteiger partial charge in [-0.05, 0) is 52.7 Å². The van der Waals surface area contributed by atoms with Crippen LogP contribution in [0.2, 0.25) is 0 Å². The SMILES string of the molecule is O=S(=O)(/C(=C/c1ccc2ccccc2c1)c1nc2ccccc2[nH]1)c1ccccc1. The highest BCUT2D eigenvalue weighted by molar-refractivity contribution is 8.00. The first-order valence-electron chi connectivity index (χ1n) is 9.57. The van der Waals surface area contributed by atoms with Crippen LogP contribution in [-0.4, -0.2) is 18.4 Å². The Morgan fingerprint density at radius 1 is 0.767 bits per heavy atom. The van der Waals surface area contributed by atoms with Crippen molar-refractivity contribution in [2.45, 2.75) is 4.90 Å². The van der Waals surface area contributed by atoms with E-state index in [2.05, 4.69) is 9.97 Å². The van der Waals surface area contributed by atoms with Gasteiger partial charge in [0.15, 0.2) is 0 Å². The van der Waals surface area contributed by atoms with E-state index in [1.807, 2.05) is 66.7 Å². The van der Waals surface area contributed by atoms with Crippen LogP contribution in [0.5, 0.6) is 0 Å². The molecular formula is C25H18N2O2S. The highest BCUT2D eigenvalue weighted by atomic mass is 32.2. The summed E-state index contributed by atoms with van der Waals surface area (Å²) >= 11 is 0. The summed E-state index contributed by atoms with van der Waals surface area (Å²) in [5.41, 5.74) is 2.31. The molecule has 0 bridgehead atoms. The third-order valence-electron chi connectivity index (χ3n) is 5.04. The van der Waals surface area contributed by atoms with E-state index >= 15 is 0 Å². The van der Waals surface area contributed by atoms with Crippen LogP contribution in [0, 0.1) is 0 Å². The lowest BCUT2D eigenvalue weighted by atomic mass is 10.1. The number of H-pyrrole nitrogens is 1. The number of nitrogens with zero attached hydrogens (tertiary/aromatic N) is 1. The molecule has 5 heteroatoms. The molecule has 0 unspecified atom stereocenters. The van der Waals surface area contributed by atoms with Gasteiger partial charge in [-0.2, -0.15) is 0 Å². The number of fused-ring (bicyclic) bond motifs is 2. The number of sulfone groups is 1. The van der Waals surface area contributed by atoms with Crippen LogP contribution in [-0.2, 0) is 9.84 Å². The van der Waals surface area contributed by atoms with Crippen molar-refractivity contribution in [3.05, 3.63) is 108 Å². The summed E-state index contributed by atoms with van der Waals surface area (Å²) in [5, 5.41) is 2.15. The molecule has 0 saturated carbocycles. The minimum absolute atomic E-state index is 0.139. The summed E-state index contributed by atoms with van der Waals surface area (Å²) in [5.74, 6) is 0.327. The van der Waals surface area contributed by atoms with Gasteiger partial charge < -0.3 is 4.98 Å². The predicted octanol–water partition coefficient (Wildman–Crippen LogP) is 5.69. The minimum Gasteiger partial charge on any atom is -0.337 e. The van der Waals surface area contributed by atoms with Crippen LogP contribution < -0.4 is 0 Å². The lowest BCUT2D eigenvalue weighted by molar-refractivity contribution is 0.606. The Balaban J connectivity index is 1.74. The lowest BCUT2D eigenvalue weighted by Gasteiger charge is -2.08. The molecular weight excluding hydrogens is 392 g/mol. The van der Waals surface area contributed by atoms with E-state index in [4.69, 9.17) is 0 Å². The molecule has 1 N–H and O–H groups in total. The Bertz CT molecular complexity index is 1470. The van der Waals surface area contributed by atoms with Crippen molar-refractivity contribution in [3.63, 3.8) is 0 Å². The normalized spacial score (nSPS) is 12.5. The van der Waals surface area contributed by atoms with Gasteiger partial charge in [-0.3, -0.25) is 0 Å². The smallest absolute Gasteiger partial charge is 0.210 e. The summed E-state index contributed by atoms with van der Waals surface area (Å²) in [6, 6.07) is 29.9. The number of benzene rings is 4. The average Bonchev–Trinajstić information content (AvgIpc) is 3.21. The van der Waals surface area contributed by atoms with E-state index in [9.17, 15) is 8.42 Å². The van der Waals surface area contributed by atoms with Crippen molar-refractivity contribution in [3.8, 4) is 0 Å². The Hall–Kier alpha value is -3.70. The number of aromatic nitrogens is 2. The van der Waals surface area contributed by atoms with Gasteiger partial charge >= 0.3 is 0 Å². The van der Waals surface area contributed by atoms with Gasteiger partial charge in [0.05, 0.1) is 15.9 Å². The van der Waals surface area contributed by atoms with Crippen LogP contribution in [0.4, 0.5) is 0 Å². The molecule has 1 heterocycles. The maximum absolute atomic E-state index is 13.5. The fourth-order valence-electron chi connectivity index (χ4n) is 3.52. The molecule has 0 aliphatic rings. The van der Waals surface area contributed by atoms with E-state index in [1.54, 1.807) is 36.4 Å². The number of nitrogens with one attached hydrogen (secondary N) is 1. The Kier molecular flexibility index (Phi) is 4.45.